The molecule has 4 nitrogen and oxygen atoms in total. The van der Waals surface area contributed by atoms with Crippen LogP contribution in [0.1, 0.15) is 46.5 Å². The summed E-state index contributed by atoms with van der Waals surface area (Å²) in [7, 11) is 0. The van der Waals surface area contributed by atoms with E-state index in [2.05, 4.69) is 0 Å². The van der Waals surface area contributed by atoms with E-state index in [0.717, 1.165) is 25.7 Å². The monoisotopic (exact) mass is 242 g/mol. The lowest BCUT2D eigenvalue weighted by atomic mass is 9.85. The molecule has 1 rings (SSSR count). The summed E-state index contributed by atoms with van der Waals surface area (Å²) >= 11 is 0. The van der Waals surface area contributed by atoms with Gasteiger partial charge in [0.05, 0.1) is 5.60 Å². The van der Waals surface area contributed by atoms with Crippen molar-refractivity contribution in [3.63, 3.8) is 0 Å². The molecule has 0 atom stereocenters. The SMILES string of the molecule is CCN(CC(C)(C)O)C(=O)C1CCC(N)CC1. The van der Waals surface area contributed by atoms with E-state index in [0.29, 0.717) is 13.1 Å². The summed E-state index contributed by atoms with van der Waals surface area (Å²) in [6.45, 7) is 6.49. The first-order valence-corrected chi connectivity index (χ1v) is 6.60. The van der Waals surface area contributed by atoms with E-state index in [1.807, 2.05) is 6.92 Å². The van der Waals surface area contributed by atoms with Crippen molar-refractivity contribution in [2.75, 3.05) is 13.1 Å². The predicted octanol–water partition coefficient (Wildman–Crippen LogP) is 1.12. The van der Waals surface area contributed by atoms with E-state index in [9.17, 15) is 9.90 Å². The van der Waals surface area contributed by atoms with Crippen molar-refractivity contribution < 1.29 is 9.90 Å². The van der Waals surface area contributed by atoms with Gasteiger partial charge in [0, 0.05) is 25.0 Å². The second-order valence-corrected chi connectivity index (χ2v) is 5.78. The van der Waals surface area contributed by atoms with Crippen molar-refractivity contribution in [1.82, 2.24) is 4.90 Å². The van der Waals surface area contributed by atoms with Crippen LogP contribution in [-0.2, 0) is 4.79 Å². The van der Waals surface area contributed by atoms with Gasteiger partial charge in [0.25, 0.3) is 0 Å². The van der Waals surface area contributed by atoms with Crippen LogP contribution in [0.25, 0.3) is 0 Å². The Balaban J connectivity index is 2.54. The standard InChI is InChI=1S/C13H26N2O2/c1-4-15(9-13(2,3)17)12(16)10-5-7-11(14)8-6-10/h10-11,17H,4-9,14H2,1-3H3. The maximum absolute atomic E-state index is 12.3. The Bertz CT molecular complexity index is 253. The fourth-order valence-corrected chi connectivity index (χ4v) is 2.44. The highest BCUT2D eigenvalue weighted by molar-refractivity contribution is 5.79. The van der Waals surface area contributed by atoms with Crippen LogP contribution in [0.4, 0.5) is 0 Å². The Hall–Kier alpha value is -0.610. The van der Waals surface area contributed by atoms with Crippen LogP contribution in [0.3, 0.4) is 0 Å². The molecule has 0 heterocycles. The van der Waals surface area contributed by atoms with Crippen molar-refractivity contribution in [3.05, 3.63) is 0 Å². The van der Waals surface area contributed by atoms with Crippen molar-refractivity contribution in [1.29, 1.82) is 0 Å². The van der Waals surface area contributed by atoms with Crippen molar-refractivity contribution in [3.8, 4) is 0 Å². The Morgan fingerprint density at radius 1 is 1.35 bits per heavy atom. The lowest BCUT2D eigenvalue weighted by Gasteiger charge is -2.33. The van der Waals surface area contributed by atoms with Crippen LogP contribution in [-0.4, -0.2) is 40.6 Å². The van der Waals surface area contributed by atoms with Gasteiger partial charge in [0.15, 0.2) is 0 Å². The molecule has 0 bridgehead atoms. The molecule has 0 saturated heterocycles. The Kier molecular flexibility index (Phi) is 4.95. The highest BCUT2D eigenvalue weighted by atomic mass is 16.3. The number of carbonyl (C=O) groups is 1. The molecule has 1 aliphatic carbocycles. The number of carbonyl (C=O) groups excluding carboxylic acids is 1. The Labute approximate surface area is 104 Å². The van der Waals surface area contributed by atoms with Crippen LogP contribution in [0.5, 0.6) is 0 Å². The highest BCUT2D eigenvalue weighted by Gasteiger charge is 2.29. The fraction of sp³-hybridized carbons (Fsp3) is 0.923. The molecule has 0 aromatic carbocycles. The van der Waals surface area contributed by atoms with Crippen LogP contribution in [0, 0.1) is 5.92 Å². The third-order valence-electron chi connectivity index (χ3n) is 3.39. The third kappa shape index (κ3) is 4.64. The predicted molar refractivity (Wildman–Crippen MR) is 68.5 cm³/mol. The van der Waals surface area contributed by atoms with Gasteiger partial charge < -0.3 is 15.7 Å². The summed E-state index contributed by atoms with van der Waals surface area (Å²) in [6, 6.07) is 0.267. The third-order valence-corrected chi connectivity index (χ3v) is 3.39. The average molecular weight is 242 g/mol. The zero-order valence-electron chi connectivity index (χ0n) is 11.3. The number of likely N-dealkylation sites (N-methyl/N-ethyl adjacent to an activating group) is 1. The van der Waals surface area contributed by atoms with Gasteiger partial charge in [-0.3, -0.25) is 4.79 Å². The number of aliphatic hydroxyl groups is 1. The van der Waals surface area contributed by atoms with Crippen LogP contribution in [0.15, 0.2) is 0 Å². The van der Waals surface area contributed by atoms with E-state index in [-0.39, 0.29) is 17.9 Å². The summed E-state index contributed by atoms with van der Waals surface area (Å²) in [5.41, 5.74) is 5.02. The molecule has 17 heavy (non-hydrogen) atoms. The molecule has 0 unspecified atom stereocenters. The number of rotatable bonds is 4. The summed E-state index contributed by atoms with van der Waals surface area (Å²) in [5.74, 6) is 0.290. The molecule has 1 aliphatic rings. The van der Waals surface area contributed by atoms with Crippen molar-refractivity contribution in [2.45, 2.75) is 58.1 Å². The van der Waals surface area contributed by atoms with Crippen molar-refractivity contribution in [2.24, 2.45) is 11.7 Å². The van der Waals surface area contributed by atoms with Gasteiger partial charge in [-0.2, -0.15) is 0 Å². The largest absolute Gasteiger partial charge is 0.389 e. The van der Waals surface area contributed by atoms with Gasteiger partial charge in [0.2, 0.25) is 5.91 Å². The summed E-state index contributed by atoms with van der Waals surface area (Å²) in [4.78, 5) is 14.1. The zero-order chi connectivity index (χ0) is 13.1. The molecule has 0 aromatic heterocycles. The van der Waals surface area contributed by atoms with Gasteiger partial charge in [-0.1, -0.05) is 0 Å². The lowest BCUT2D eigenvalue weighted by Crippen LogP contribution is -2.45. The van der Waals surface area contributed by atoms with E-state index < -0.39 is 5.60 Å². The maximum atomic E-state index is 12.3. The number of nitrogens with two attached hydrogens (primary N) is 1. The molecular formula is C13H26N2O2. The van der Waals surface area contributed by atoms with E-state index in [1.54, 1.807) is 18.7 Å². The molecule has 4 heteroatoms. The van der Waals surface area contributed by atoms with Crippen LogP contribution < -0.4 is 5.73 Å². The summed E-state index contributed by atoms with van der Waals surface area (Å²) in [5, 5.41) is 9.79. The molecular weight excluding hydrogens is 216 g/mol. The number of nitrogens with zero attached hydrogens (tertiary/aromatic N) is 1. The van der Waals surface area contributed by atoms with Crippen LogP contribution >= 0.6 is 0 Å². The number of hydrogen-bond acceptors (Lipinski definition) is 3. The minimum Gasteiger partial charge on any atom is -0.389 e. The quantitative estimate of drug-likeness (QED) is 0.776. The molecule has 0 spiro atoms. The molecule has 0 aliphatic heterocycles. The van der Waals surface area contributed by atoms with E-state index in [4.69, 9.17) is 5.73 Å². The lowest BCUT2D eigenvalue weighted by molar-refractivity contribution is -0.139. The Morgan fingerprint density at radius 3 is 2.29 bits per heavy atom. The van der Waals surface area contributed by atoms with Gasteiger partial charge in [-0.25, -0.2) is 0 Å². The van der Waals surface area contributed by atoms with E-state index >= 15 is 0 Å². The number of hydrogen-bond donors (Lipinski definition) is 2. The van der Waals surface area contributed by atoms with E-state index in [1.165, 1.54) is 0 Å². The van der Waals surface area contributed by atoms with Gasteiger partial charge in [-0.05, 0) is 46.5 Å². The summed E-state index contributed by atoms with van der Waals surface area (Å²) in [6.07, 6.45) is 3.66. The molecule has 3 N–H and O–H groups in total. The fourth-order valence-electron chi connectivity index (χ4n) is 2.44. The first-order chi connectivity index (χ1) is 7.83. The molecule has 100 valence electrons. The molecule has 0 radical (unpaired) electrons. The number of amides is 1. The molecule has 0 aromatic rings. The highest BCUT2D eigenvalue weighted by Crippen LogP contribution is 2.25. The molecule has 1 amide bonds. The molecule has 1 fully saturated rings. The second kappa shape index (κ2) is 5.83. The average Bonchev–Trinajstić information content (AvgIpc) is 2.25. The first kappa shape index (κ1) is 14.5. The van der Waals surface area contributed by atoms with Gasteiger partial charge in [-0.15, -0.1) is 0 Å². The topological polar surface area (TPSA) is 66.6 Å². The normalized spacial score (nSPS) is 25.7. The molecule has 1 saturated carbocycles. The summed E-state index contributed by atoms with van der Waals surface area (Å²) < 4.78 is 0. The Morgan fingerprint density at radius 2 is 1.88 bits per heavy atom. The minimum atomic E-state index is -0.823. The van der Waals surface area contributed by atoms with Gasteiger partial charge in [0.1, 0.15) is 0 Å². The second-order valence-electron chi connectivity index (χ2n) is 5.78. The van der Waals surface area contributed by atoms with Crippen molar-refractivity contribution >= 4 is 5.91 Å². The smallest absolute Gasteiger partial charge is 0.225 e. The zero-order valence-corrected chi connectivity index (χ0v) is 11.3. The van der Waals surface area contributed by atoms with Crippen LogP contribution in [0.2, 0.25) is 0 Å². The van der Waals surface area contributed by atoms with Gasteiger partial charge >= 0.3 is 0 Å². The maximum Gasteiger partial charge on any atom is 0.225 e. The first-order valence-electron chi connectivity index (χ1n) is 6.60. The minimum absolute atomic E-state index is 0.108.